The van der Waals surface area contributed by atoms with E-state index in [-0.39, 0.29) is 17.7 Å². The van der Waals surface area contributed by atoms with Gasteiger partial charge in [-0.3, -0.25) is 0 Å². The SMILES string of the molecule is C=CCOCc1c(C)cc(C(=O)O)cc1C(=O)O. The lowest BCUT2D eigenvalue weighted by atomic mass is 9.99. The van der Waals surface area contributed by atoms with Crippen LogP contribution < -0.4 is 0 Å². The minimum atomic E-state index is -1.17. The van der Waals surface area contributed by atoms with Gasteiger partial charge in [-0.05, 0) is 30.2 Å². The molecule has 0 spiro atoms. The van der Waals surface area contributed by atoms with E-state index in [1.54, 1.807) is 13.0 Å². The van der Waals surface area contributed by atoms with Crippen molar-refractivity contribution in [1.82, 2.24) is 0 Å². The van der Waals surface area contributed by atoms with Crippen molar-refractivity contribution in [2.45, 2.75) is 13.5 Å². The molecule has 5 nitrogen and oxygen atoms in total. The molecular weight excluding hydrogens is 236 g/mol. The third kappa shape index (κ3) is 3.18. The number of rotatable bonds is 6. The summed E-state index contributed by atoms with van der Waals surface area (Å²) in [6.45, 7) is 5.56. The first-order valence-electron chi connectivity index (χ1n) is 5.26. The van der Waals surface area contributed by atoms with Crippen molar-refractivity contribution in [3.8, 4) is 0 Å². The van der Waals surface area contributed by atoms with E-state index >= 15 is 0 Å². The lowest BCUT2D eigenvalue weighted by Crippen LogP contribution is -2.10. The highest BCUT2D eigenvalue weighted by atomic mass is 16.5. The summed E-state index contributed by atoms with van der Waals surface area (Å²) in [5.74, 6) is -2.32. The van der Waals surface area contributed by atoms with Gasteiger partial charge in [0.2, 0.25) is 0 Å². The van der Waals surface area contributed by atoms with Gasteiger partial charge in [-0.2, -0.15) is 0 Å². The molecule has 1 aromatic carbocycles. The highest BCUT2D eigenvalue weighted by molar-refractivity contribution is 5.95. The zero-order valence-corrected chi connectivity index (χ0v) is 9.97. The smallest absolute Gasteiger partial charge is 0.336 e. The van der Waals surface area contributed by atoms with Gasteiger partial charge >= 0.3 is 11.9 Å². The fourth-order valence-electron chi connectivity index (χ4n) is 1.57. The second kappa shape index (κ2) is 5.97. The number of aromatic carboxylic acids is 2. The first-order chi connectivity index (χ1) is 8.47. The summed E-state index contributed by atoms with van der Waals surface area (Å²) in [7, 11) is 0. The fraction of sp³-hybridized carbons (Fsp3) is 0.231. The molecule has 0 saturated heterocycles. The molecule has 2 N–H and O–H groups in total. The molecule has 0 saturated carbocycles. The Kier molecular flexibility index (Phi) is 4.62. The number of ether oxygens (including phenoxy) is 1. The Labute approximate surface area is 104 Å². The first kappa shape index (κ1) is 13.9. The monoisotopic (exact) mass is 250 g/mol. The van der Waals surface area contributed by atoms with E-state index in [2.05, 4.69) is 6.58 Å². The molecule has 0 aromatic heterocycles. The standard InChI is InChI=1S/C13H14O5/c1-3-4-18-7-11-8(2)5-9(12(14)15)6-10(11)13(16)17/h3,5-6H,1,4,7H2,2H3,(H,14,15)(H,16,17). The number of hydrogen-bond acceptors (Lipinski definition) is 3. The molecule has 0 radical (unpaired) electrons. The summed E-state index contributed by atoms with van der Waals surface area (Å²) in [6, 6.07) is 2.58. The van der Waals surface area contributed by atoms with Gasteiger partial charge in [-0.25, -0.2) is 9.59 Å². The third-order valence-electron chi connectivity index (χ3n) is 2.43. The predicted octanol–water partition coefficient (Wildman–Crippen LogP) is 2.09. The second-order valence-electron chi connectivity index (χ2n) is 3.73. The quantitative estimate of drug-likeness (QED) is 0.596. The van der Waals surface area contributed by atoms with Crippen LogP contribution in [-0.2, 0) is 11.3 Å². The Bertz CT molecular complexity index is 490. The van der Waals surface area contributed by atoms with Crippen LogP contribution in [0.2, 0.25) is 0 Å². The number of benzene rings is 1. The van der Waals surface area contributed by atoms with Gasteiger partial charge in [-0.1, -0.05) is 6.08 Å². The van der Waals surface area contributed by atoms with E-state index < -0.39 is 11.9 Å². The van der Waals surface area contributed by atoms with Crippen LogP contribution in [0.15, 0.2) is 24.8 Å². The molecule has 0 unspecified atom stereocenters. The van der Waals surface area contributed by atoms with Crippen LogP contribution in [0.5, 0.6) is 0 Å². The third-order valence-corrected chi connectivity index (χ3v) is 2.43. The maximum Gasteiger partial charge on any atom is 0.336 e. The molecule has 0 fully saturated rings. The number of aryl methyl sites for hydroxylation is 1. The van der Waals surface area contributed by atoms with Gasteiger partial charge in [0.25, 0.3) is 0 Å². The summed E-state index contributed by atoms with van der Waals surface area (Å²) < 4.78 is 5.21. The number of carboxylic acid groups (broad SMARTS) is 2. The van der Waals surface area contributed by atoms with E-state index in [9.17, 15) is 9.59 Å². The van der Waals surface area contributed by atoms with Crippen molar-refractivity contribution in [2.24, 2.45) is 0 Å². The zero-order valence-electron chi connectivity index (χ0n) is 9.97. The van der Waals surface area contributed by atoms with Crippen LogP contribution in [0.1, 0.15) is 31.8 Å². The molecule has 96 valence electrons. The van der Waals surface area contributed by atoms with Crippen molar-refractivity contribution in [2.75, 3.05) is 6.61 Å². The Morgan fingerprint density at radius 2 is 2.00 bits per heavy atom. The maximum atomic E-state index is 11.1. The van der Waals surface area contributed by atoms with Gasteiger partial charge in [-0.15, -0.1) is 6.58 Å². The largest absolute Gasteiger partial charge is 0.478 e. The van der Waals surface area contributed by atoms with E-state index in [0.717, 1.165) is 6.07 Å². The van der Waals surface area contributed by atoms with Crippen LogP contribution >= 0.6 is 0 Å². The highest BCUT2D eigenvalue weighted by Gasteiger charge is 2.16. The van der Waals surface area contributed by atoms with Gasteiger partial charge in [0, 0.05) is 0 Å². The van der Waals surface area contributed by atoms with Crippen molar-refractivity contribution >= 4 is 11.9 Å². The van der Waals surface area contributed by atoms with Gasteiger partial charge in [0.05, 0.1) is 24.3 Å². The molecule has 1 aromatic rings. The molecule has 5 heteroatoms. The van der Waals surface area contributed by atoms with Gasteiger partial charge in [0.1, 0.15) is 0 Å². The lowest BCUT2D eigenvalue weighted by molar-refractivity contribution is 0.0689. The van der Waals surface area contributed by atoms with Crippen LogP contribution in [0, 0.1) is 6.92 Å². The number of carbonyl (C=O) groups is 2. The predicted molar refractivity (Wildman–Crippen MR) is 65.0 cm³/mol. The molecule has 0 aliphatic rings. The summed E-state index contributed by atoms with van der Waals surface area (Å²) in [6.07, 6.45) is 1.56. The van der Waals surface area contributed by atoms with Crippen molar-refractivity contribution < 1.29 is 24.5 Å². The Morgan fingerprint density at radius 3 is 2.50 bits per heavy atom. The normalized spacial score (nSPS) is 10.1. The topological polar surface area (TPSA) is 83.8 Å². The van der Waals surface area contributed by atoms with E-state index in [4.69, 9.17) is 14.9 Å². The molecule has 18 heavy (non-hydrogen) atoms. The van der Waals surface area contributed by atoms with Crippen molar-refractivity contribution in [3.63, 3.8) is 0 Å². The average molecular weight is 250 g/mol. The minimum Gasteiger partial charge on any atom is -0.478 e. The zero-order chi connectivity index (χ0) is 13.7. The lowest BCUT2D eigenvalue weighted by Gasteiger charge is -2.11. The Hall–Kier alpha value is -2.14. The van der Waals surface area contributed by atoms with E-state index in [0.29, 0.717) is 17.7 Å². The number of carboxylic acids is 2. The van der Waals surface area contributed by atoms with Gasteiger partial charge in [0.15, 0.2) is 0 Å². The first-order valence-corrected chi connectivity index (χ1v) is 5.26. The molecule has 1 rings (SSSR count). The van der Waals surface area contributed by atoms with Crippen molar-refractivity contribution in [1.29, 1.82) is 0 Å². The summed E-state index contributed by atoms with van der Waals surface area (Å²) in [5, 5.41) is 18.0. The van der Waals surface area contributed by atoms with Crippen LogP contribution in [0.4, 0.5) is 0 Å². The van der Waals surface area contributed by atoms with E-state index in [1.165, 1.54) is 6.07 Å². The summed E-state index contributed by atoms with van der Waals surface area (Å²) >= 11 is 0. The highest BCUT2D eigenvalue weighted by Crippen LogP contribution is 2.19. The number of hydrogen-bond donors (Lipinski definition) is 2. The molecule has 0 aliphatic heterocycles. The van der Waals surface area contributed by atoms with Crippen LogP contribution in [0.3, 0.4) is 0 Å². The van der Waals surface area contributed by atoms with E-state index in [1.807, 2.05) is 0 Å². The summed E-state index contributed by atoms with van der Waals surface area (Å²) in [5.41, 5.74) is 0.972. The molecule has 0 atom stereocenters. The summed E-state index contributed by atoms with van der Waals surface area (Å²) in [4.78, 5) is 22.0. The van der Waals surface area contributed by atoms with Gasteiger partial charge < -0.3 is 14.9 Å². The second-order valence-corrected chi connectivity index (χ2v) is 3.73. The maximum absolute atomic E-state index is 11.1. The molecule has 0 bridgehead atoms. The molecule has 0 aliphatic carbocycles. The Morgan fingerprint density at radius 1 is 1.33 bits per heavy atom. The van der Waals surface area contributed by atoms with Crippen LogP contribution in [-0.4, -0.2) is 28.8 Å². The molecule has 0 amide bonds. The Balaban J connectivity index is 3.18. The molecule has 0 heterocycles. The molecular formula is C13H14O5. The van der Waals surface area contributed by atoms with Crippen molar-refractivity contribution in [3.05, 3.63) is 47.0 Å². The minimum absolute atomic E-state index is 0.0441. The van der Waals surface area contributed by atoms with Crippen LogP contribution in [0.25, 0.3) is 0 Å². The average Bonchev–Trinajstić information content (AvgIpc) is 2.30. The fourth-order valence-corrected chi connectivity index (χ4v) is 1.57.